The summed E-state index contributed by atoms with van der Waals surface area (Å²) in [6.45, 7) is 0. The van der Waals surface area contributed by atoms with Gasteiger partial charge in [-0.05, 0) is 18.0 Å². The van der Waals surface area contributed by atoms with Crippen LogP contribution in [0.5, 0.6) is 0 Å². The number of hydrogen-bond acceptors (Lipinski definition) is 7. The van der Waals surface area contributed by atoms with Crippen molar-refractivity contribution in [1.29, 1.82) is 0 Å². The fourth-order valence-corrected chi connectivity index (χ4v) is 1.58. The van der Waals surface area contributed by atoms with Crippen molar-refractivity contribution in [2.75, 3.05) is 11.1 Å². The standard InChI is InChI=1S/C8H9ClN6O2/c9-6-13-7(10)15-8(14-6)11-3-1-2-4(16)12-5(3)17/h3H,1-2H2,(H,12,16,17)(H3,10,11,13,14,15). The zero-order valence-corrected chi connectivity index (χ0v) is 9.36. The molecule has 0 bridgehead atoms. The molecule has 17 heavy (non-hydrogen) atoms. The lowest BCUT2D eigenvalue weighted by Crippen LogP contribution is -2.47. The molecule has 2 heterocycles. The first-order valence-electron chi connectivity index (χ1n) is 4.82. The van der Waals surface area contributed by atoms with Crippen LogP contribution in [0.25, 0.3) is 0 Å². The van der Waals surface area contributed by atoms with Gasteiger partial charge < -0.3 is 11.1 Å². The molecule has 0 spiro atoms. The minimum absolute atomic E-state index is 0.0419. The lowest BCUT2D eigenvalue weighted by atomic mass is 10.1. The number of carbonyl (C=O) groups is 2. The number of amides is 2. The summed E-state index contributed by atoms with van der Waals surface area (Å²) in [5, 5.41) is 4.88. The molecule has 0 saturated carbocycles. The molecule has 4 N–H and O–H groups in total. The van der Waals surface area contributed by atoms with Crippen molar-refractivity contribution in [1.82, 2.24) is 20.3 Å². The van der Waals surface area contributed by atoms with E-state index in [1.807, 2.05) is 0 Å². The number of rotatable bonds is 2. The summed E-state index contributed by atoms with van der Waals surface area (Å²) in [6, 6.07) is -0.578. The minimum Gasteiger partial charge on any atom is -0.368 e. The number of halogens is 1. The van der Waals surface area contributed by atoms with Crippen LogP contribution in [0.15, 0.2) is 0 Å². The molecule has 8 nitrogen and oxygen atoms in total. The summed E-state index contributed by atoms with van der Waals surface area (Å²) < 4.78 is 0. The van der Waals surface area contributed by atoms with Gasteiger partial charge in [0, 0.05) is 6.42 Å². The molecule has 1 fully saturated rings. The Morgan fingerprint density at radius 2 is 2.12 bits per heavy atom. The molecular weight excluding hydrogens is 248 g/mol. The summed E-state index contributed by atoms with van der Waals surface area (Å²) >= 11 is 5.59. The lowest BCUT2D eigenvalue weighted by molar-refractivity contribution is -0.133. The van der Waals surface area contributed by atoms with Crippen LogP contribution in [-0.4, -0.2) is 32.8 Å². The molecule has 1 atom stereocenters. The van der Waals surface area contributed by atoms with Crippen molar-refractivity contribution < 1.29 is 9.59 Å². The fourth-order valence-electron chi connectivity index (χ4n) is 1.42. The van der Waals surface area contributed by atoms with E-state index in [4.69, 9.17) is 17.3 Å². The first kappa shape index (κ1) is 11.5. The molecule has 1 aromatic rings. The zero-order chi connectivity index (χ0) is 12.4. The average Bonchev–Trinajstić information content (AvgIpc) is 2.21. The predicted molar refractivity (Wildman–Crippen MR) is 59.0 cm³/mol. The lowest BCUT2D eigenvalue weighted by Gasteiger charge is -2.21. The van der Waals surface area contributed by atoms with Crippen molar-refractivity contribution >= 4 is 35.3 Å². The summed E-state index contributed by atoms with van der Waals surface area (Å²) in [7, 11) is 0. The van der Waals surface area contributed by atoms with E-state index in [0.29, 0.717) is 6.42 Å². The van der Waals surface area contributed by atoms with Gasteiger partial charge in [0.1, 0.15) is 6.04 Å². The average molecular weight is 257 g/mol. The highest BCUT2D eigenvalue weighted by Gasteiger charge is 2.27. The molecule has 0 aromatic carbocycles. The Balaban J connectivity index is 2.10. The number of anilines is 2. The van der Waals surface area contributed by atoms with Crippen molar-refractivity contribution in [2.24, 2.45) is 0 Å². The molecule has 1 aromatic heterocycles. The van der Waals surface area contributed by atoms with Crippen molar-refractivity contribution in [3.63, 3.8) is 0 Å². The largest absolute Gasteiger partial charge is 0.368 e. The van der Waals surface area contributed by atoms with E-state index < -0.39 is 11.9 Å². The van der Waals surface area contributed by atoms with Gasteiger partial charge in [-0.15, -0.1) is 0 Å². The van der Waals surface area contributed by atoms with Gasteiger partial charge in [0.25, 0.3) is 0 Å². The van der Waals surface area contributed by atoms with E-state index in [0.717, 1.165) is 0 Å². The quantitative estimate of drug-likeness (QED) is 0.599. The Labute approximate surface area is 101 Å². The molecule has 0 radical (unpaired) electrons. The Hall–Kier alpha value is -1.96. The first-order chi connectivity index (χ1) is 8.04. The maximum atomic E-state index is 11.4. The summed E-state index contributed by atoms with van der Waals surface area (Å²) in [4.78, 5) is 33.5. The van der Waals surface area contributed by atoms with Crippen molar-refractivity contribution in [3.05, 3.63) is 5.28 Å². The number of nitrogen functional groups attached to an aromatic ring is 1. The fraction of sp³-hybridized carbons (Fsp3) is 0.375. The maximum Gasteiger partial charge on any atom is 0.249 e. The molecule has 1 unspecified atom stereocenters. The second kappa shape index (κ2) is 4.50. The summed E-state index contributed by atoms with van der Waals surface area (Å²) in [5.41, 5.74) is 5.38. The number of nitrogens with two attached hydrogens (primary N) is 1. The first-order valence-corrected chi connectivity index (χ1v) is 5.19. The number of nitrogens with one attached hydrogen (secondary N) is 2. The normalized spacial score (nSPS) is 19.9. The minimum atomic E-state index is -0.578. The maximum absolute atomic E-state index is 11.4. The summed E-state index contributed by atoms with van der Waals surface area (Å²) in [6.07, 6.45) is 0.631. The van der Waals surface area contributed by atoms with Crippen LogP contribution >= 0.6 is 11.6 Å². The number of piperidine rings is 1. The van der Waals surface area contributed by atoms with Gasteiger partial charge in [-0.3, -0.25) is 14.9 Å². The van der Waals surface area contributed by atoms with Crippen LogP contribution in [0.2, 0.25) is 5.28 Å². The predicted octanol–water partition coefficient (Wildman–Crippen LogP) is -0.676. The van der Waals surface area contributed by atoms with Crippen LogP contribution in [0, 0.1) is 0 Å². The van der Waals surface area contributed by atoms with E-state index in [1.165, 1.54) is 0 Å². The van der Waals surface area contributed by atoms with Gasteiger partial charge in [-0.25, -0.2) is 0 Å². The number of carbonyl (C=O) groups excluding carboxylic acids is 2. The highest BCUT2D eigenvalue weighted by atomic mass is 35.5. The van der Waals surface area contributed by atoms with E-state index in [-0.39, 0.29) is 29.5 Å². The molecule has 2 rings (SSSR count). The molecular formula is C8H9ClN6O2. The second-order valence-electron chi connectivity index (χ2n) is 3.43. The smallest absolute Gasteiger partial charge is 0.249 e. The van der Waals surface area contributed by atoms with Gasteiger partial charge in [0.2, 0.25) is 29.0 Å². The Morgan fingerprint density at radius 1 is 1.35 bits per heavy atom. The van der Waals surface area contributed by atoms with Crippen LogP contribution in [0.1, 0.15) is 12.8 Å². The SMILES string of the molecule is Nc1nc(Cl)nc(NC2CCC(=O)NC2=O)n1. The number of aromatic nitrogens is 3. The monoisotopic (exact) mass is 256 g/mol. The highest BCUT2D eigenvalue weighted by molar-refractivity contribution is 6.28. The third kappa shape index (κ3) is 2.78. The van der Waals surface area contributed by atoms with Gasteiger partial charge in [-0.1, -0.05) is 0 Å². The highest BCUT2D eigenvalue weighted by Crippen LogP contribution is 2.12. The van der Waals surface area contributed by atoms with E-state index in [2.05, 4.69) is 25.6 Å². The molecule has 1 aliphatic rings. The molecule has 9 heteroatoms. The van der Waals surface area contributed by atoms with Gasteiger partial charge >= 0.3 is 0 Å². The van der Waals surface area contributed by atoms with Crippen LogP contribution in [-0.2, 0) is 9.59 Å². The third-order valence-corrected chi connectivity index (χ3v) is 2.34. The second-order valence-corrected chi connectivity index (χ2v) is 3.77. The van der Waals surface area contributed by atoms with Gasteiger partial charge in [0.05, 0.1) is 0 Å². The Bertz CT molecular complexity index is 459. The van der Waals surface area contributed by atoms with Gasteiger partial charge in [0.15, 0.2) is 0 Å². The summed E-state index contributed by atoms with van der Waals surface area (Å²) in [5.74, 6) is -0.644. The molecule has 1 saturated heterocycles. The number of imide groups is 1. The van der Waals surface area contributed by atoms with Gasteiger partial charge in [-0.2, -0.15) is 15.0 Å². The molecule has 2 amide bonds. The van der Waals surface area contributed by atoms with Crippen molar-refractivity contribution in [3.8, 4) is 0 Å². The van der Waals surface area contributed by atoms with Crippen LogP contribution in [0.4, 0.5) is 11.9 Å². The third-order valence-electron chi connectivity index (χ3n) is 2.17. The van der Waals surface area contributed by atoms with Crippen LogP contribution in [0.3, 0.4) is 0 Å². The van der Waals surface area contributed by atoms with Crippen molar-refractivity contribution in [2.45, 2.75) is 18.9 Å². The molecule has 0 aliphatic carbocycles. The van der Waals surface area contributed by atoms with E-state index in [9.17, 15) is 9.59 Å². The number of hydrogen-bond donors (Lipinski definition) is 3. The number of nitrogens with zero attached hydrogens (tertiary/aromatic N) is 3. The van der Waals surface area contributed by atoms with E-state index >= 15 is 0 Å². The Morgan fingerprint density at radius 3 is 2.76 bits per heavy atom. The van der Waals surface area contributed by atoms with E-state index in [1.54, 1.807) is 0 Å². The Kier molecular flexibility index (Phi) is 3.05. The molecule has 90 valence electrons. The topological polar surface area (TPSA) is 123 Å². The van der Waals surface area contributed by atoms with Crippen LogP contribution < -0.4 is 16.4 Å². The molecule has 1 aliphatic heterocycles. The zero-order valence-electron chi connectivity index (χ0n) is 8.61.